The molecule has 1 aliphatic heterocycles. The van der Waals surface area contributed by atoms with E-state index in [1.807, 2.05) is 45.0 Å². The van der Waals surface area contributed by atoms with E-state index < -0.39 is 17.8 Å². The Labute approximate surface area is 229 Å². The molecule has 1 saturated heterocycles. The highest BCUT2D eigenvalue weighted by Crippen LogP contribution is 2.31. The molecule has 4 amide bonds. The largest absolute Gasteiger partial charge is 0.488 e. The van der Waals surface area contributed by atoms with Crippen molar-refractivity contribution in [2.45, 2.75) is 27.4 Å². The van der Waals surface area contributed by atoms with Crippen molar-refractivity contribution >= 4 is 56.3 Å². The van der Waals surface area contributed by atoms with Crippen LogP contribution >= 0.6 is 15.9 Å². The molecule has 7 heteroatoms. The van der Waals surface area contributed by atoms with Crippen molar-refractivity contribution in [3.05, 3.63) is 111 Å². The summed E-state index contributed by atoms with van der Waals surface area (Å²) in [5.74, 6) is -0.940. The van der Waals surface area contributed by atoms with Crippen LogP contribution in [0.4, 0.5) is 10.5 Å². The fourth-order valence-corrected chi connectivity index (χ4v) is 4.94. The Morgan fingerprint density at radius 2 is 1.68 bits per heavy atom. The summed E-state index contributed by atoms with van der Waals surface area (Å²) in [7, 11) is 0. The summed E-state index contributed by atoms with van der Waals surface area (Å²) in [4.78, 5) is 40.0. The normalized spacial score (nSPS) is 14.8. The topological polar surface area (TPSA) is 75.7 Å². The van der Waals surface area contributed by atoms with E-state index in [-0.39, 0.29) is 5.57 Å². The highest BCUT2D eigenvalue weighted by molar-refractivity contribution is 9.10. The number of hydrogen-bond acceptors (Lipinski definition) is 4. The second-order valence-electron chi connectivity index (χ2n) is 9.23. The van der Waals surface area contributed by atoms with Crippen LogP contribution in [0.2, 0.25) is 0 Å². The Morgan fingerprint density at radius 1 is 0.895 bits per heavy atom. The standard InChI is InChI=1S/C31H25BrN2O4/c1-18-7-6-10-27(20(18)3)34-30(36)25(29(35)33-31(34)37)16-22-15-23(32)13-14-28(22)38-17-26-19(2)11-12-21-8-4-5-9-24(21)26/h4-16H,17H2,1-3H3,(H,33,35,37)/b25-16+. The van der Waals surface area contributed by atoms with Gasteiger partial charge in [0.05, 0.1) is 5.69 Å². The van der Waals surface area contributed by atoms with Gasteiger partial charge in [0.1, 0.15) is 17.9 Å². The molecule has 0 unspecified atom stereocenters. The number of rotatable bonds is 5. The minimum absolute atomic E-state index is 0.158. The summed E-state index contributed by atoms with van der Waals surface area (Å²) in [6.07, 6.45) is 1.47. The van der Waals surface area contributed by atoms with Crippen LogP contribution < -0.4 is 15.0 Å². The Balaban J connectivity index is 1.52. The molecule has 0 aromatic heterocycles. The number of amides is 4. The summed E-state index contributed by atoms with van der Waals surface area (Å²) in [5.41, 5.74) is 4.68. The second-order valence-corrected chi connectivity index (χ2v) is 10.1. The second kappa shape index (κ2) is 10.3. The maximum Gasteiger partial charge on any atom is 0.335 e. The smallest absolute Gasteiger partial charge is 0.335 e. The first-order chi connectivity index (χ1) is 18.2. The van der Waals surface area contributed by atoms with Crippen LogP contribution in [-0.2, 0) is 16.2 Å². The van der Waals surface area contributed by atoms with Gasteiger partial charge in [0.2, 0.25) is 0 Å². The lowest BCUT2D eigenvalue weighted by atomic mass is 10.0. The molecule has 0 saturated carbocycles. The lowest BCUT2D eigenvalue weighted by Crippen LogP contribution is -2.54. The van der Waals surface area contributed by atoms with Gasteiger partial charge in [-0.05, 0) is 78.6 Å². The van der Waals surface area contributed by atoms with E-state index in [1.54, 1.807) is 24.3 Å². The van der Waals surface area contributed by atoms with Gasteiger partial charge >= 0.3 is 6.03 Å². The predicted octanol–water partition coefficient (Wildman–Crippen LogP) is 6.77. The molecule has 4 aromatic rings. The molecular weight excluding hydrogens is 544 g/mol. The van der Waals surface area contributed by atoms with Crippen LogP contribution in [0, 0.1) is 20.8 Å². The number of hydrogen-bond donors (Lipinski definition) is 1. The number of barbiturate groups is 1. The molecule has 190 valence electrons. The van der Waals surface area contributed by atoms with Crippen LogP contribution in [0.15, 0.2) is 82.8 Å². The van der Waals surface area contributed by atoms with Crippen molar-refractivity contribution in [1.82, 2.24) is 5.32 Å². The van der Waals surface area contributed by atoms with Crippen molar-refractivity contribution in [3.8, 4) is 5.75 Å². The zero-order valence-electron chi connectivity index (χ0n) is 21.2. The Kier molecular flexibility index (Phi) is 6.87. The summed E-state index contributed by atoms with van der Waals surface area (Å²) >= 11 is 3.47. The fraction of sp³-hybridized carbons (Fsp3) is 0.129. The van der Waals surface area contributed by atoms with Gasteiger partial charge in [-0.2, -0.15) is 0 Å². The number of urea groups is 1. The maximum absolute atomic E-state index is 13.5. The highest BCUT2D eigenvalue weighted by atomic mass is 79.9. The van der Waals surface area contributed by atoms with E-state index in [0.29, 0.717) is 23.6 Å². The molecule has 0 radical (unpaired) electrons. The lowest BCUT2D eigenvalue weighted by molar-refractivity contribution is -0.122. The summed E-state index contributed by atoms with van der Waals surface area (Å²) in [6, 6.07) is 22.3. The van der Waals surface area contributed by atoms with Gasteiger partial charge in [-0.3, -0.25) is 14.9 Å². The average molecular weight is 569 g/mol. The van der Waals surface area contributed by atoms with Crippen molar-refractivity contribution in [1.29, 1.82) is 0 Å². The number of fused-ring (bicyclic) bond motifs is 1. The molecule has 1 aliphatic rings. The van der Waals surface area contributed by atoms with Gasteiger partial charge in [-0.15, -0.1) is 0 Å². The number of nitrogens with zero attached hydrogens (tertiary/aromatic N) is 1. The number of benzene rings is 4. The summed E-state index contributed by atoms with van der Waals surface area (Å²) in [6.45, 7) is 6.08. The van der Waals surface area contributed by atoms with Gasteiger partial charge in [-0.25, -0.2) is 9.69 Å². The SMILES string of the molecule is Cc1cccc(N2C(=O)NC(=O)/C(=C\c3cc(Br)ccc3OCc3c(C)ccc4ccccc34)C2=O)c1C. The van der Waals surface area contributed by atoms with Crippen molar-refractivity contribution < 1.29 is 19.1 Å². The van der Waals surface area contributed by atoms with E-state index in [9.17, 15) is 14.4 Å². The third-order valence-electron chi connectivity index (χ3n) is 6.84. The minimum Gasteiger partial charge on any atom is -0.488 e. The molecule has 0 atom stereocenters. The molecule has 1 N–H and O–H groups in total. The monoisotopic (exact) mass is 568 g/mol. The van der Waals surface area contributed by atoms with E-state index in [1.165, 1.54) is 6.08 Å². The van der Waals surface area contributed by atoms with E-state index >= 15 is 0 Å². The number of anilines is 1. The number of carbonyl (C=O) groups excluding carboxylic acids is 3. The number of halogens is 1. The molecule has 5 rings (SSSR count). The molecular formula is C31H25BrN2O4. The first-order valence-electron chi connectivity index (χ1n) is 12.1. The van der Waals surface area contributed by atoms with E-state index in [2.05, 4.69) is 45.5 Å². The van der Waals surface area contributed by atoms with Crippen molar-refractivity contribution in [3.63, 3.8) is 0 Å². The Bertz CT molecular complexity index is 1660. The number of nitrogens with one attached hydrogen (secondary N) is 1. The van der Waals surface area contributed by atoms with Crippen molar-refractivity contribution in [2.24, 2.45) is 0 Å². The van der Waals surface area contributed by atoms with Crippen LogP contribution in [0.3, 0.4) is 0 Å². The number of ether oxygens (including phenoxy) is 1. The van der Waals surface area contributed by atoms with Gasteiger partial charge in [0, 0.05) is 15.6 Å². The zero-order valence-corrected chi connectivity index (χ0v) is 22.8. The predicted molar refractivity (Wildman–Crippen MR) is 152 cm³/mol. The molecule has 38 heavy (non-hydrogen) atoms. The van der Waals surface area contributed by atoms with Gasteiger partial charge in [-0.1, -0.05) is 64.5 Å². The van der Waals surface area contributed by atoms with Gasteiger partial charge < -0.3 is 4.74 Å². The first kappa shape index (κ1) is 25.4. The number of carbonyl (C=O) groups is 3. The molecule has 0 spiro atoms. The molecule has 1 heterocycles. The average Bonchev–Trinajstić information content (AvgIpc) is 2.89. The fourth-order valence-electron chi connectivity index (χ4n) is 4.56. The van der Waals surface area contributed by atoms with E-state index in [4.69, 9.17) is 4.74 Å². The highest BCUT2D eigenvalue weighted by Gasteiger charge is 2.37. The van der Waals surface area contributed by atoms with Crippen LogP contribution in [0.5, 0.6) is 5.75 Å². The Hall–Kier alpha value is -4.23. The minimum atomic E-state index is -0.775. The molecule has 0 aliphatic carbocycles. The Morgan fingerprint density at radius 3 is 2.50 bits per heavy atom. The van der Waals surface area contributed by atoms with Crippen LogP contribution in [-0.4, -0.2) is 17.8 Å². The van der Waals surface area contributed by atoms with Crippen LogP contribution in [0.25, 0.3) is 16.8 Å². The lowest BCUT2D eigenvalue weighted by Gasteiger charge is -2.28. The molecule has 0 bridgehead atoms. The zero-order chi connectivity index (χ0) is 27.0. The summed E-state index contributed by atoms with van der Waals surface area (Å²) < 4.78 is 7.01. The van der Waals surface area contributed by atoms with Crippen molar-refractivity contribution in [2.75, 3.05) is 4.90 Å². The third-order valence-corrected chi connectivity index (χ3v) is 7.33. The summed E-state index contributed by atoms with van der Waals surface area (Å²) in [5, 5.41) is 4.53. The van der Waals surface area contributed by atoms with Gasteiger partial charge in [0.15, 0.2) is 0 Å². The van der Waals surface area contributed by atoms with Gasteiger partial charge in [0.25, 0.3) is 11.8 Å². The molecule has 4 aromatic carbocycles. The molecule has 6 nitrogen and oxygen atoms in total. The first-order valence-corrected chi connectivity index (χ1v) is 12.9. The van der Waals surface area contributed by atoms with E-state index in [0.717, 1.165) is 42.4 Å². The number of imide groups is 2. The maximum atomic E-state index is 13.5. The quantitative estimate of drug-likeness (QED) is 0.213. The van der Waals surface area contributed by atoms with Crippen LogP contribution in [0.1, 0.15) is 27.8 Å². The third kappa shape index (κ3) is 4.73. The number of aryl methyl sites for hydroxylation is 2. The molecule has 1 fully saturated rings.